The van der Waals surface area contributed by atoms with Gasteiger partial charge in [0.05, 0.1) is 23.5 Å². The quantitative estimate of drug-likeness (QED) is 0.819. The van der Waals surface area contributed by atoms with Crippen LogP contribution in [0.15, 0.2) is 40.9 Å². The number of nitrogens with two attached hydrogens (primary N) is 1. The van der Waals surface area contributed by atoms with Crippen LogP contribution in [-0.4, -0.2) is 7.11 Å². The molecule has 0 heterocycles. The molecule has 0 unspecified atom stereocenters. The van der Waals surface area contributed by atoms with Crippen molar-refractivity contribution in [2.24, 2.45) is 0 Å². The molecule has 2 aromatic carbocycles. The third-order valence-corrected chi connectivity index (χ3v) is 3.25. The summed E-state index contributed by atoms with van der Waals surface area (Å²) in [6, 6.07) is 11.1. The lowest BCUT2D eigenvalue weighted by Gasteiger charge is -2.11. The van der Waals surface area contributed by atoms with Crippen LogP contribution in [0.3, 0.4) is 0 Å². The summed E-state index contributed by atoms with van der Waals surface area (Å²) in [7, 11) is 1.59. The van der Waals surface area contributed by atoms with Gasteiger partial charge in [-0.1, -0.05) is 27.5 Å². The Balaban J connectivity index is 2.28. The molecule has 94 valence electrons. The van der Waals surface area contributed by atoms with Crippen LogP contribution < -0.4 is 15.8 Å². The maximum atomic E-state index is 6.14. The number of halogens is 2. The summed E-state index contributed by atoms with van der Waals surface area (Å²) >= 11 is 9.50. The van der Waals surface area contributed by atoms with E-state index >= 15 is 0 Å². The van der Waals surface area contributed by atoms with E-state index < -0.39 is 0 Å². The van der Waals surface area contributed by atoms with Gasteiger partial charge in [0.2, 0.25) is 0 Å². The molecule has 2 aromatic rings. The number of hydrogen-bond donors (Lipinski definition) is 2. The fourth-order valence-corrected chi connectivity index (χ4v) is 2.26. The summed E-state index contributed by atoms with van der Waals surface area (Å²) in [6.07, 6.45) is 0. The van der Waals surface area contributed by atoms with E-state index in [0.29, 0.717) is 16.5 Å². The van der Waals surface area contributed by atoms with Crippen molar-refractivity contribution < 1.29 is 4.74 Å². The highest BCUT2D eigenvalue weighted by Gasteiger charge is 2.04. The Morgan fingerprint density at radius 1 is 1.22 bits per heavy atom. The van der Waals surface area contributed by atoms with Gasteiger partial charge in [-0.3, -0.25) is 0 Å². The zero-order chi connectivity index (χ0) is 13.1. The molecule has 3 N–H and O–H groups in total. The molecular formula is C13H12BrClN2O. The highest BCUT2D eigenvalue weighted by molar-refractivity contribution is 9.10. The van der Waals surface area contributed by atoms with E-state index in [4.69, 9.17) is 22.1 Å². The molecule has 0 saturated heterocycles. The number of anilines is 3. The van der Waals surface area contributed by atoms with Crippen molar-refractivity contribution in [3.63, 3.8) is 0 Å². The minimum atomic E-state index is 0.602. The Kier molecular flexibility index (Phi) is 3.99. The second-order valence-corrected chi connectivity index (χ2v) is 5.03. The van der Waals surface area contributed by atoms with E-state index in [-0.39, 0.29) is 0 Å². The van der Waals surface area contributed by atoms with Crippen molar-refractivity contribution in [3.05, 3.63) is 45.9 Å². The van der Waals surface area contributed by atoms with Gasteiger partial charge in [0.25, 0.3) is 0 Å². The van der Waals surface area contributed by atoms with Gasteiger partial charge < -0.3 is 15.8 Å². The molecule has 18 heavy (non-hydrogen) atoms. The van der Waals surface area contributed by atoms with Crippen molar-refractivity contribution in [1.29, 1.82) is 0 Å². The Hall–Kier alpha value is -1.39. The average Bonchev–Trinajstić information content (AvgIpc) is 2.35. The van der Waals surface area contributed by atoms with Gasteiger partial charge in [0.15, 0.2) is 0 Å². The predicted octanol–water partition coefficient (Wildman–Crippen LogP) is 4.44. The van der Waals surface area contributed by atoms with Crippen LogP contribution in [0.5, 0.6) is 5.75 Å². The topological polar surface area (TPSA) is 47.3 Å². The summed E-state index contributed by atoms with van der Waals surface area (Å²) in [5.74, 6) is 0.633. The molecule has 0 spiro atoms. The zero-order valence-electron chi connectivity index (χ0n) is 9.71. The molecule has 0 atom stereocenters. The molecule has 0 fully saturated rings. The summed E-state index contributed by atoms with van der Waals surface area (Å²) < 4.78 is 6.11. The number of ether oxygens (including phenoxy) is 1. The van der Waals surface area contributed by atoms with E-state index in [1.54, 1.807) is 13.2 Å². The number of rotatable bonds is 3. The van der Waals surface area contributed by atoms with Gasteiger partial charge in [-0.25, -0.2) is 0 Å². The molecule has 0 saturated carbocycles. The van der Waals surface area contributed by atoms with Crippen molar-refractivity contribution in [2.75, 3.05) is 18.2 Å². The average molecular weight is 328 g/mol. The third-order valence-electron chi connectivity index (χ3n) is 2.44. The number of nitrogens with one attached hydrogen (secondary N) is 1. The molecule has 0 aliphatic heterocycles. The molecule has 2 rings (SSSR count). The molecule has 0 aromatic heterocycles. The molecular weight excluding hydrogens is 316 g/mol. The summed E-state index contributed by atoms with van der Waals surface area (Å²) in [6.45, 7) is 0. The third kappa shape index (κ3) is 2.89. The van der Waals surface area contributed by atoms with Crippen molar-refractivity contribution in [1.82, 2.24) is 0 Å². The molecule has 0 aliphatic carbocycles. The van der Waals surface area contributed by atoms with Crippen LogP contribution in [0.1, 0.15) is 0 Å². The van der Waals surface area contributed by atoms with Crippen LogP contribution in [-0.2, 0) is 0 Å². The van der Waals surface area contributed by atoms with Crippen LogP contribution in [0.2, 0.25) is 5.02 Å². The molecule has 0 aliphatic rings. The van der Waals surface area contributed by atoms with E-state index in [1.165, 1.54) is 0 Å². The molecule has 0 radical (unpaired) electrons. The number of hydrogen-bond acceptors (Lipinski definition) is 3. The monoisotopic (exact) mass is 326 g/mol. The first-order valence-electron chi connectivity index (χ1n) is 5.26. The number of methoxy groups -OCH3 is 1. The second-order valence-electron chi connectivity index (χ2n) is 3.71. The lowest BCUT2D eigenvalue weighted by molar-refractivity contribution is 0.417. The fraction of sp³-hybridized carbons (Fsp3) is 0.0769. The lowest BCUT2D eigenvalue weighted by atomic mass is 10.2. The Morgan fingerprint density at radius 2 is 2.00 bits per heavy atom. The van der Waals surface area contributed by atoms with Crippen molar-refractivity contribution in [2.45, 2.75) is 0 Å². The van der Waals surface area contributed by atoms with Crippen LogP contribution >= 0.6 is 27.5 Å². The molecule has 5 heteroatoms. The van der Waals surface area contributed by atoms with Crippen molar-refractivity contribution >= 4 is 44.6 Å². The summed E-state index contributed by atoms with van der Waals surface area (Å²) in [5.41, 5.74) is 8.05. The van der Waals surface area contributed by atoms with Crippen molar-refractivity contribution in [3.8, 4) is 5.75 Å². The first kappa shape index (κ1) is 13.1. The number of nitrogen functional groups attached to an aromatic ring is 1. The Labute approximate surface area is 119 Å². The summed E-state index contributed by atoms with van der Waals surface area (Å²) in [4.78, 5) is 0. The maximum absolute atomic E-state index is 6.14. The first-order chi connectivity index (χ1) is 8.60. The zero-order valence-corrected chi connectivity index (χ0v) is 12.0. The highest BCUT2D eigenvalue weighted by atomic mass is 79.9. The van der Waals surface area contributed by atoms with Crippen LogP contribution in [0.25, 0.3) is 0 Å². The van der Waals surface area contributed by atoms with Gasteiger partial charge in [0, 0.05) is 16.2 Å². The largest absolute Gasteiger partial charge is 0.495 e. The molecule has 3 nitrogen and oxygen atoms in total. The normalized spacial score (nSPS) is 10.2. The standard InChI is InChI=1S/C13H12BrClN2O/c1-18-13-7-9(3-4-11(13)16)17-12-5-2-8(14)6-10(12)15/h2-7,17H,16H2,1H3. The van der Waals surface area contributed by atoms with Gasteiger partial charge in [-0.15, -0.1) is 0 Å². The predicted molar refractivity (Wildman–Crippen MR) is 79.8 cm³/mol. The van der Waals surface area contributed by atoms with E-state index in [2.05, 4.69) is 21.2 Å². The maximum Gasteiger partial charge on any atom is 0.143 e. The van der Waals surface area contributed by atoms with Crippen LogP contribution in [0, 0.1) is 0 Å². The minimum absolute atomic E-state index is 0.602. The minimum Gasteiger partial charge on any atom is -0.495 e. The van der Waals surface area contributed by atoms with Gasteiger partial charge in [-0.05, 0) is 30.3 Å². The Morgan fingerprint density at radius 3 is 2.67 bits per heavy atom. The SMILES string of the molecule is COc1cc(Nc2ccc(Br)cc2Cl)ccc1N. The van der Waals surface area contributed by atoms with E-state index in [0.717, 1.165) is 15.8 Å². The first-order valence-corrected chi connectivity index (χ1v) is 6.43. The van der Waals surface area contributed by atoms with Gasteiger partial charge >= 0.3 is 0 Å². The smallest absolute Gasteiger partial charge is 0.143 e. The van der Waals surface area contributed by atoms with E-state index in [1.807, 2.05) is 30.3 Å². The molecule has 0 bridgehead atoms. The van der Waals surface area contributed by atoms with Gasteiger partial charge in [0.1, 0.15) is 5.75 Å². The number of benzene rings is 2. The van der Waals surface area contributed by atoms with E-state index in [9.17, 15) is 0 Å². The summed E-state index contributed by atoms with van der Waals surface area (Å²) in [5, 5.41) is 3.85. The van der Waals surface area contributed by atoms with Gasteiger partial charge in [-0.2, -0.15) is 0 Å². The molecule has 0 amide bonds. The highest BCUT2D eigenvalue weighted by Crippen LogP contribution is 2.31. The second kappa shape index (κ2) is 5.50. The Bertz CT molecular complexity index is 575. The van der Waals surface area contributed by atoms with Crippen LogP contribution in [0.4, 0.5) is 17.1 Å². The fourth-order valence-electron chi connectivity index (χ4n) is 1.54. The lowest BCUT2D eigenvalue weighted by Crippen LogP contribution is -1.95.